The summed E-state index contributed by atoms with van der Waals surface area (Å²) < 4.78 is 0. The fourth-order valence-corrected chi connectivity index (χ4v) is 15.3. The van der Waals surface area contributed by atoms with Crippen molar-refractivity contribution in [3.63, 3.8) is 0 Å². The van der Waals surface area contributed by atoms with E-state index in [9.17, 15) is 0 Å². The van der Waals surface area contributed by atoms with E-state index >= 15 is 0 Å². The van der Waals surface area contributed by atoms with E-state index in [2.05, 4.69) is 218 Å². The molecule has 10 aromatic rings. The van der Waals surface area contributed by atoms with Crippen molar-refractivity contribution in [2.75, 3.05) is 0 Å². The molecule has 12 rings (SSSR count). The lowest BCUT2D eigenvalue weighted by molar-refractivity contribution is 1.22. The molecule has 4 heterocycles. The maximum atomic E-state index is 5.74. The van der Waals surface area contributed by atoms with Gasteiger partial charge in [-0.15, -0.1) is 0 Å². The van der Waals surface area contributed by atoms with E-state index in [1.54, 1.807) is 0 Å². The van der Waals surface area contributed by atoms with Crippen molar-refractivity contribution in [1.29, 1.82) is 0 Å². The van der Waals surface area contributed by atoms with Gasteiger partial charge < -0.3 is 0 Å². The summed E-state index contributed by atoms with van der Waals surface area (Å²) in [5, 5.41) is 5.06. The van der Waals surface area contributed by atoms with Crippen LogP contribution in [0, 0.1) is 0 Å². The van der Waals surface area contributed by atoms with Crippen molar-refractivity contribution < 1.29 is 0 Å². The molecule has 0 saturated heterocycles. The van der Waals surface area contributed by atoms with Crippen LogP contribution in [0.25, 0.3) is 90.1 Å². The van der Waals surface area contributed by atoms with Gasteiger partial charge in [-0.05, 0) is 20.7 Å². The summed E-state index contributed by atoms with van der Waals surface area (Å²) >= 11 is 0. The molecular formula is C56H36N4Si. The minimum absolute atomic E-state index is 0.861. The Bertz CT molecular complexity index is 2850. The van der Waals surface area contributed by atoms with Crippen LogP contribution in [0.15, 0.2) is 218 Å². The normalized spacial score (nSPS) is 12.7. The summed E-state index contributed by atoms with van der Waals surface area (Å²) in [5.41, 5.74) is 15.5. The van der Waals surface area contributed by atoms with Crippen molar-refractivity contribution in [3.05, 3.63) is 218 Å². The van der Waals surface area contributed by atoms with Gasteiger partial charge in [0.2, 0.25) is 0 Å². The molecule has 0 atom stereocenters. The summed E-state index contributed by atoms with van der Waals surface area (Å²) in [4.78, 5) is 23.0. The third kappa shape index (κ3) is 5.38. The zero-order valence-electron chi connectivity index (χ0n) is 33.1. The Balaban J connectivity index is 1.24. The average Bonchev–Trinajstić information content (AvgIpc) is 3.52. The maximum absolute atomic E-state index is 5.74. The topological polar surface area (TPSA) is 51.6 Å². The maximum Gasteiger partial charge on any atom is 0.182 e. The van der Waals surface area contributed by atoms with Crippen LogP contribution in [0.5, 0.6) is 0 Å². The van der Waals surface area contributed by atoms with Gasteiger partial charge in [0.05, 0.1) is 45.6 Å². The van der Waals surface area contributed by atoms with Gasteiger partial charge in [0.1, 0.15) is 0 Å². The van der Waals surface area contributed by atoms with E-state index in [1.165, 1.54) is 20.7 Å². The number of fused-ring (bicyclic) bond motifs is 14. The Morgan fingerprint density at radius 2 is 0.393 bits per heavy atom. The van der Waals surface area contributed by atoms with Gasteiger partial charge in [0.25, 0.3) is 0 Å². The highest BCUT2D eigenvalue weighted by Crippen LogP contribution is 2.43. The van der Waals surface area contributed by atoms with E-state index in [4.69, 9.17) is 19.9 Å². The zero-order chi connectivity index (χ0) is 40.3. The summed E-state index contributed by atoms with van der Waals surface area (Å²) in [5.74, 6) is 0. The Morgan fingerprint density at radius 1 is 0.197 bits per heavy atom. The SMILES string of the molecule is c1ccc(-c2nc3c(nc2-c2ccccc2)-c2ccccc2[Si]2(c4ccccc4-3)c3ccccc3-c3nc(-c4ccccc4)c(-c4ccccc4)nc3-c3ccccc32)cc1. The van der Waals surface area contributed by atoms with E-state index in [0.717, 1.165) is 90.1 Å². The molecule has 0 aliphatic carbocycles. The van der Waals surface area contributed by atoms with Crippen molar-refractivity contribution in [2.24, 2.45) is 0 Å². The van der Waals surface area contributed by atoms with Crippen LogP contribution in [-0.4, -0.2) is 28.0 Å². The molecule has 2 aliphatic heterocycles. The quantitative estimate of drug-likeness (QED) is 0.167. The van der Waals surface area contributed by atoms with Gasteiger partial charge in [-0.25, -0.2) is 19.9 Å². The number of aromatic nitrogens is 4. The first-order valence-corrected chi connectivity index (χ1v) is 22.7. The van der Waals surface area contributed by atoms with Crippen molar-refractivity contribution >= 4 is 28.8 Å². The van der Waals surface area contributed by atoms with Crippen LogP contribution in [0.3, 0.4) is 0 Å². The standard InChI is InChI=1S/C56H36N4Si/c1-5-21-37(22-6-1)49-50(38-23-7-2-8-24-38)58-54-42-30-14-18-34-46(42)61(45-33-17-13-29-41(45)53(54)57-49)47-35-19-15-31-43(47)55-56(44-32-16-20-36-48(44)61)60-52(40-27-11-4-12-28-40)51(59-55)39-25-9-3-10-26-39/h1-36H. The van der Waals surface area contributed by atoms with E-state index in [0.29, 0.717) is 0 Å². The van der Waals surface area contributed by atoms with Crippen molar-refractivity contribution in [3.8, 4) is 90.1 Å². The Kier molecular flexibility index (Phi) is 8.15. The molecule has 61 heavy (non-hydrogen) atoms. The first-order chi connectivity index (χ1) is 30.3. The molecule has 0 saturated carbocycles. The fraction of sp³-hybridized carbons (Fsp3) is 0. The first kappa shape index (κ1) is 35.1. The third-order valence-corrected chi connectivity index (χ3v) is 17.3. The monoisotopic (exact) mass is 792 g/mol. The molecule has 0 unspecified atom stereocenters. The molecule has 5 heteroatoms. The van der Waals surface area contributed by atoms with Crippen LogP contribution in [-0.2, 0) is 0 Å². The molecule has 0 bridgehead atoms. The largest absolute Gasteiger partial charge is 0.243 e. The highest BCUT2D eigenvalue weighted by atomic mass is 28.3. The van der Waals surface area contributed by atoms with E-state index in [1.807, 2.05) is 0 Å². The minimum atomic E-state index is -3.30. The first-order valence-electron chi connectivity index (χ1n) is 20.7. The van der Waals surface area contributed by atoms with Crippen LogP contribution in [0.2, 0.25) is 0 Å². The van der Waals surface area contributed by atoms with Gasteiger partial charge in [-0.3, -0.25) is 0 Å². The lowest BCUT2D eigenvalue weighted by Gasteiger charge is -2.36. The third-order valence-electron chi connectivity index (χ3n) is 12.3. The summed E-state index contributed by atoms with van der Waals surface area (Å²) in [6.07, 6.45) is 0. The number of nitrogens with zero attached hydrogens (tertiary/aromatic N) is 4. The minimum Gasteiger partial charge on any atom is -0.243 e. The number of hydrogen-bond donors (Lipinski definition) is 0. The molecule has 0 radical (unpaired) electrons. The molecule has 2 aromatic heterocycles. The number of rotatable bonds is 4. The van der Waals surface area contributed by atoms with E-state index in [-0.39, 0.29) is 0 Å². The Hall–Kier alpha value is -7.86. The number of benzene rings is 8. The van der Waals surface area contributed by atoms with Gasteiger partial charge in [0, 0.05) is 44.5 Å². The predicted molar refractivity (Wildman–Crippen MR) is 252 cm³/mol. The lowest BCUT2D eigenvalue weighted by atomic mass is 9.99. The van der Waals surface area contributed by atoms with Gasteiger partial charge >= 0.3 is 0 Å². The highest BCUT2D eigenvalue weighted by Gasteiger charge is 2.51. The van der Waals surface area contributed by atoms with Crippen LogP contribution in [0.1, 0.15) is 0 Å². The summed E-state index contributed by atoms with van der Waals surface area (Å²) in [7, 11) is -3.30. The number of hydrogen-bond acceptors (Lipinski definition) is 4. The van der Waals surface area contributed by atoms with Gasteiger partial charge in [-0.1, -0.05) is 218 Å². The summed E-state index contributed by atoms with van der Waals surface area (Å²) in [6.45, 7) is 0. The predicted octanol–water partition coefficient (Wildman–Crippen LogP) is 10.6. The highest BCUT2D eigenvalue weighted by molar-refractivity contribution is 7.22. The second-order valence-corrected chi connectivity index (χ2v) is 19.3. The molecule has 1 spiro atoms. The molecule has 8 aromatic carbocycles. The molecule has 0 N–H and O–H groups in total. The fourth-order valence-electron chi connectivity index (χ4n) is 9.75. The molecular weight excluding hydrogens is 757 g/mol. The van der Waals surface area contributed by atoms with Crippen LogP contribution in [0.4, 0.5) is 0 Å². The molecule has 2 aliphatic rings. The van der Waals surface area contributed by atoms with Crippen molar-refractivity contribution in [1.82, 2.24) is 19.9 Å². The molecule has 4 nitrogen and oxygen atoms in total. The summed E-state index contributed by atoms with van der Waals surface area (Å²) in [6, 6.07) is 77.8. The van der Waals surface area contributed by atoms with Gasteiger partial charge in [0.15, 0.2) is 8.07 Å². The lowest BCUT2D eigenvalue weighted by Crippen LogP contribution is -2.75. The molecule has 0 amide bonds. The smallest absolute Gasteiger partial charge is 0.182 e. The molecule has 284 valence electrons. The Labute approximate surface area is 355 Å². The van der Waals surface area contributed by atoms with E-state index < -0.39 is 8.07 Å². The second kappa shape index (κ2) is 14.2. The Morgan fingerprint density at radius 3 is 0.623 bits per heavy atom. The van der Waals surface area contributed by atoms with Crippen LogP contribution < -0.4 is 20.7 Å². The molecule has 0 fully saturated rings. The second-order valence-electron chi connectivity index (χ2n) is 15.6. The van der Waals surface area contributed by atoms with Crippen molar-refractivity contribution in [2.45, 2.75) is 0 Å². The van der Waals surface area contributed by atoms with Crippen LogP contribution >= 0.6 is 0 Å². The zero-order valence-corrected chi connectivity index (χ0v) is 34.1. The van der Waals surface area contributed by atoms with Gasteiger partial charge in [-0.2, -0.15) is 0 Å². The average molecular weight is 793 g/mol.